The Morgan fingerprint density at radius 3 is 2.87 bits per heavy atom. The number of hydrogen-bond donors (Lipinski definition) is 2. The summed E-state index contributed by atoms with van der Waals surface area (Å²) in [5, 5.41) is 12.2. The van der Waals surface area contributed by atoms with Gasteiger partial charge < -0.3 is 10.4 Å². The number of anilines is 1. The van der Waals surface area contributed by atoms with Gasteiger partial charge in [0.2, 0.25) is 5.91 Å². The van der Waals surface area contributed by atoms with Crippen LogP contribution in [0.2, 0.25) is 0 Å². The maximum atomic E-state index is 11.4. The zero-order chi connectivity index (χ0) is 11.3. The van der Waals surface area contributed by atoms with E-state index >= 15 is 0 Å². The third-order valence-corrected chi connectivity index (χ3v) is 2.11. The molecule has 0 aliphatic carbocycles. The molecule has 2 N–H and O–H groups in total. The number of aromatic nitrogens is 1. The van der Waals surface area contributed by atoms with Crippen LogP contribution in [0.15, 0.2) is 24.5 Å². The third-order valence-electron chi connectivity index (χ3n) is 2.11. The topological polar surface area (TPSA) is 62.2 Å². The number of nitrogens with one attached hydrogen (secondary N) is 1. The molecule has 1 rings (SSSR count). The minimum atomic E-state index is -0.596. The molecule has 0 aliphatic heterocycles. The second kappa shape index (κ2) is 5.46. The van der Waals surface area contributed by atoms with Crippen LogP contribution in [0.3, 0.4) is 0 Å². The van der Waals surface area contributed by atoms with Crippen molar-refractivity contribution in [3.8, 4) is 0 Å². The van der Waals surface area contributed by atoms with Crippen LogP contribution in [-0.4, -0.2) is 22.1 Å². The molecule has 1 atom stereocenters. The van der Waals surface area contributed by atoms with Gasteiger partial charge in [-0.05, 0) is 18.1 Å². The van der Waals surface area contributed by atoms with E-state index in [9.17, 15) is 9.90 Å². The van der Waals surface area contributed by atoms with Crippen LogP contribution >= 0.6 is 0 Å². The van der Waals surface area contributed by atoms with Gasteiger partial charge in [0.15, 0.2) is 0 Å². The molecular weight excluding hydrogens is 192 g/mol. The van der Waals surface area contributed by atoms with E-state index < -0.39 is 6.10 Å². The summed E-state index contributed by atoms with van der Waals surface area (Å²) in [6.07, 6.45) is 2.73. The van der Waals surface area contributed by atoms with Crippen molar-refractivity contribution < 1.29 is 9.90 Å². The molecule has 4 nitrogen and oxygen atoms in total. The molecule has 0 fully saturated rings. The monoisotopic (exact) mass is 208 g/mol. The summed E-state index contributed by atoms with van der Waals surface area (Å²) in [4.78, 5) is 15.3. The van der Waals surface area contributed by atoms with Gasteiger partial charge in [-0.15, -0.1) is 0 Å². The van der Waals surface area contributed by atoms with Gasteiger partial charge >= 0.3 is 0 Å². The van der Waals surface area contributed by atoms with Crippen LogP contribution in [0, 0.1) is 5.92 Å². The molecule has 1 unspecified atom stereocenters. The highest BCUT2D eigenvalue weighted by molar-refractivity contribution is 5.90. The van der Waals surface area contributed by atoms with Crippen LogP contribution < -0.4 is 5.32 Å². The Hall–Kier alpha value is -1.42. The van der Waals surface area contributed by atoms with Crippen molar-refractivity contribution in [3.63, 3.8) is 0 Å². The largest absolute Gasteiger partial charge is 0.392 e. The van der Waals surface area contributed by atoms with Crippen molar-refractivity contribution in [3.05, 3.63) is 24.5 Å². The summed E-state index contributed by atoms with van der Waals surface area (Å²) >= 11 is 0. The van der Waals surface area contributed by atoms with Crippen molar-refractivity contribution in [1.82, 2.24) is 4.98 Å². The van der Waals surface area contributed by atoms with E-state index in [4.69, 9.17) is 0 Å². The lowest BCUT2D eigenvalue weighted by molar-refractivity contribution is -0.118. The molecule has 1 aromatic heterocycles. The molecule has 15 heavy (non-hydrogen) atoms. The summed E-state index contributed by atoms with van der Waals surface area (Å²) in [5.41, 5.74) is 0.651. The molecule has 1 amide bonds. The summed E-state index contributed by atoms with van der Waals surface area (Å²) in [6, 6.07) is 3.50. The third kappa shape index (κ3) is 4.08. The Kier molecular flexibility index (Phi) is 4.24. The average molecular weight is 208 g/mol. The van der Waals surface area contributed by atoms with Crippen LogP contribution in [-0.2, 0) is 4.79 Å². The number of carbonyl (C=O) groups is 1. The highest BCUT2D eigenvalue weighted by Gasteiger charge is 2.14. The van der Waals surface area contributed by atoms with E-state index in [2.05, 4.69) is 10.3 Å². The fourth-order valence-corrected chi connectivity index (χ4v) is 1.07. The number of hydrogen-bond acceptors (Lipinski definition) is 3. The molecule has 82 valence electrons. The lowest BCUT2D eigenvalue weighted by Crippen LogP contribution is -2.23. The Morgan fingerprint density at radius 1 is 1.60 bits per heavy atom. The van der Waals surface area contributed by atoms with E-state index in [-0.39, 0.29) is 18.2 Å². The zero-order valence-electron chi connectivity index (χ0n) is 8.97. The van der Waals surface area contributed by atoms with E-state index in [1.807, 2.05) is 13.8 Å². The van der Waals surface area contributed by atoms with Crippen molar-refractivity contribution in [1.29, 1.82) is 0 Å². The second-order valence-electron chi connectivity index (χ2n) is 3.81. The first kappa shape index (κ1) is 11.7. The minimum absolute atomic E-state index is 0.0876. The summed E-state index contributed by atoms with van der Waals surface area (Å²) in [6.45, 7) is 3.75. The van der Waals surface area contributed by atoms with Crippen molar-refractivity contribution in [2.45, 2.75) is 26.4 Å². The number of amides is 1. The molecule has 0 saturated carbocycles. The summed E-state index contributed by atoms with van der Waals surface area (Å²) in [5.74, 6) is -0.103. The summed E-state index contributed by atoms with van der Waals surface area (Å²) < 4.78 is 0. The van der Waals surface area contributed by atoms with Gasteiger partial charge in [-0.3, -0.25) is 9.78 Å². The Balaban J connectivity index is 2.43. The number of carbonyl (C=O) groups excluding carboxylic acids is 1. The predicted molar refractivity (Wildman–Crippen MR) is 58.3 cm³/mol. The fourth-order valence-electron chi connectivity index (χ4n) is 1.07. The number of aliphatic hydroxyl groups excluding tert-OH is 1. The lowest BCUT2D eigenvalue weighted by atomic mass is 10.0. The van der Waals surface area contributed by atoms with Crippen molar-refractivity contribution in [2.24, 2.45) is 5.92 Å². The molecule has 0 radical (unpaired) electrons. The first-order valence-corrected chi connectivity index (χ1v) is 4.97. The van der Waals surface area contributed by atoms with Crippen LogP contribution in [0.1, 0.15) is 20.3 Å². The number of aliphatic hydroxyl groups is 1. The molecular formula is C11H16N2O2. The van der Waals surface area contributed by atoms with Gasteiger partial charge in [-0.2, -0.15) is 0 Å². The molecule has 0 saturated heterocycles. The molecule has 4 heteroatoms. The minimum Gasteiger partial charge on any atom is -0.392 e. The molecule has 0 aromatic carbocycles. The maximum Gasteiger partial charge on any atom is 0.227 e. The molecule has 1 aromatic rings. The number of pyridine rings is 1. The lowest BCUT2D eigenvalue weighted by Gasteiger charge is -2.13. The Labute approximate surface area is 89.3 Å². The van der Waals surface area contributed by atoms with Gasteiger partial charge in [0.05, 0.1) is 24.4 Å². The van der Waals surface area contributed by atoms with Gasteiger partial charge in [-0.25, -0.2) is 0 Å². The van der Waals surface area contributed by atoms with Crippen molar-refractivity contribution >= 4 is 11.6 Å². The standard InChI is InChI=1S/C11H16N2O2/c1-8(2)10(14)6-11(15)13-9-4-3-5-12-7-9/h3-5,7-8,10,14H,6H2,1-2H3,(H,13,15). The quantitative estimate of drug-likeness (QED) is 0.786. The van der Waals surface area contributed by atoms with E-state index in [0.717, 1.165) is 0 Å². The molecule has 0 aliphatic rings. The van der Waals surface area contributed by atoms with Gasteiger partial charge in [0, 0.05) is 6.20 Å². The first-order valence-electron chi connectivity index (χ1n) is 4.97. The molecule has 1 heterocycles. The first-order chi connectivity index (χ1) is 7.09. The van der Waals surface area contributed by atoms with Crippen LogP contribution in [0.4, 0.5) is 5.69 Å². The zero-order valence-corrected chi connectivity index (χ0v) is 8.97. The SMILES string of the molecule is CC(C)C(O)CC(=O)Nc1cccnc1. The fraction of sp³-hybridized carbons (Fsp3) is 0.455. The normalized spacial score (nSPS) is 12.5. The summed E-state index contributed by atoms with van der Waals surface area (Å²) in [7, 11) is 0. The number of nitrogens with zero attached hydrogens (tertiary/aromatic N) is 1. The smallest absolute Gasteiger partial charge is 0.227 e. The van der Waals surface area contributed by atoms with Crippen LogP contribution in [0.25, 0.3) is 0 Å². The Bertz CT molecular complexity index is 312. The van der Waals surface area contributed by atoms with Gasteiger partial charge in [-0.1, -0.05) is 13.8 Å². The maximum absolute atomic E-state index is 11.4. The van der Waals surface area contributed by atoms with E-state index in [1.54, 1.807) is 24.5 Å². The molecule has 0 spiro atoms. The van der Waals surface area contributed by atoms with Gasteiger partial charge in [0.25, 0.3) is 0 Å². The Morgan fingerprint density at radius 2 is 2.33 bits per heavy atom. The van der Waals surface area contributed by atoms with E-state index in [0.29, 0.717) is 5.69 Å². The van der Waals surface area contributed by atoms with E-state index in [1.165, 1.54) is 0 Å². The second-order valence-corrected chi connectivity index (χ2v) is 3.81. The molecule has 0 bridgehead atoms. The highest BCUT2D eigenvalue weighted by Crippen LogP contribution is 2.08. The number of rotatable bonds is 4. The highest BCUT2D eigenvalue weighted by atomic mass is 16.3. The van der Waals surface area contributed by atoms with Crippen molar-refractivity contribution in [2.75, 3.05) is 5.32 Å². The van der Waals surface area contributed by atoms with Crippen LogP contribution in [0.5, 0.6) is 0 Å². The van der Waals surface area contributed by atoms with Gasteiger partial charge in [0.1, 0.15) is 0 Å². The average Bonchev–Trinajstić information content (AvgIpc) is 2.18. The predicted octanol–water partition coefficient (Wildman–Crippen LogP) is 1.43.